The molecule has 0 amide bonds. The largest absolute Gasteiger partial charge is 0.488 e. The zero-order valence-corrected chi connectivity index (χ0v) is 11.7. The molecular weight excluding hydrogens is 279 g/mol. The molecule has 112 valence electrons. The summed E-state index contributed by atoms with van der Waals surface area (Å²) in [6.45, 7) is 1.59. The predicted molar refractivity (Wildman–Crippen MR) is 71.0 cm³/mol. The number of hydrogen-bond acceptors (Lipinski definition) is 5. The van der Waals surface area contributed by atoms with Crippen LogP contribution in [0.3, 0.4) is 0 Å². The first-order valence-corrected chi connectivity index (χ1v) is 6.60. The van der Waals surface area contributed by atoms with Gasteiger partial charge in [-0.3, -0.25) is 0 Å². The molecule has 7 nitrogen and oxygen atoms in total. The van der Waals surface area contributed by atoms with Gasteiger partial charge in [0.05, 0.1) is 6.10 Å². The number of aryl methyl sites for hydroxylation is 2. The van der Waals surface area contributed by atoms with Crippen molar-refractivity contribution in [3.8, 4) is 11.4 Å². The number of rotatable bonds is 3. The van der Waals surface area contributed by atoms with Crippen LogP contribution in [0.2, 0.25) is 0 Å². The fraction of sp³-hybridized carbons (Fsp3) is 0.462. The van der Waals surface area contributed by atoms with E-state index in [0.29, 0.717) is 24.1 Å². The van der Waals surface area contributed by atoms with Crippen molar-refractivity contribution < 1.29 is 14.2 Å². The third-order valence-electron chi connectivity index (χ3n) is 3.55. The Bertz CT molecular complexity index is 734. The Hall–Kier alpha value is -2.22. The van der Waals surface area contributed by atoms with Gasteiger partial charge >= 0.3 is 5.69 Å². The number of ether oxygens (including phenoxy) is 1. The molecule has 0 unspecified atom stereocenters. The molecule has 1 fully saturated rings. The molecule has 0 aliphatic heterocycles. The summed E-state index contributed by atoms with van der Waals surface area (Å²) < 4.78 is 21.6. The molecule has 0 atom stereocenters. The van der Waals surface area contributed by atoms with Gasteiger partial charge in [0.15, 0.2) is 0 Å². The standard InChI is InChI=1S/C13H15FN4O3/c1-7-3-11(18-13(20)17(2)15-16-18)12(6-10(7)14)21-9-4-8(19)5-9/h3,6,8-9,19H,4-5H2,1-2H3. The van der Waals surface area contributed by atoms with Crippen molar-refractivity contribution in [1.82, 2.24) is 19.8 Å². The van der Waals surface area contributed by atoms with Crippen LogP contribution in [0.1, 0.15) is 18.4 Å². The summed E-state index contributed by atoms with van der Waals surface area (Å²) in [4.78, 5) is 12.0. The minimum absolute atomic E-state index is 0.187. The first-order valence-electron chi connectivity index (χ1n) is 6.60. The van der Waals surface area contributed by atoms with E-state index >= 15 is 0 Å². The van der Waals surface area contributed by atoms with Crippen LogP contribution in [-0.2, 0) is 7.05 Å². The van der Waals surface area contributed by atoms with Crippen LogP contribution >= 0.6 is 0 Å². The minimum atomic E-state index is -0.445. The molecule has 8 heteroatoms. The van der Waals surface area contributed by atoms with Crippen LogP contribution in [0.25, 0.3) is 5.69 Å². The number of tetrazole rings is 1. The normalized spacial score (nSPS) is 21.1. The lowest BCUT2D eigenvalue weighted by Gasteiger charge is -2.32. The molecule has 1 aliphatic rings. The van der Waals surface area contributed by atoms with E-state index in [-0.39, 0.29) is 18.0 Å². The lowest BCUT2D eigenvalue weighted by Crippen LogP contribution is -2.37. The summed E-state index contributed by atoms with van der Waals surface area (Å²) in [6.07, 6.45) is 0.412. The van der Waals surface area contributed by atoms with Gasteiger partial charge in [-0.05, 0) is 29.0 Å². The Morgan fingerprint density at radius 1 is 1.38 bits per heavy atom. The summed E-state index contributed by atoms with van der Waals surface area (Å²) in [5.74, 6) is -0.205. The van der Waals surface area contributed by atoms with Crippen molar-refractivity contribution in [1.29, 1.82) is 0 Å². The molecule has 1 heterocycles. The second-order valence-electron chi connectivity index (χ2n) is 5.23. The van der Waals surface area contributed by atoms with E-state index in [1.807, 2.05) is 0 Å². The van der Waals surface area contributed by atoms with Crippen LogP contribution in [0.4, 0.5) is 4.39 Å². The van der Waals surface area contributed by atoms with Crippen LogP contribution in [0.15, 0.2) is 16.9 Å². The first kappa shape index (κ1) is 13.7. The Morgan fingerprint density at radius 3 is 2.67 bits per heavy atom. The molecule has 0 bridgehead atoms. The number of halogens is 1. The Labute approximate surface area is 119 Å². The van der Waals surface area contributed by atoms with E-state index in [2.05, 4.69) is 10.4 Å². The lowest BCUT2D eigenvalue weighted by molar-refractivity contribution is -0.0109. The van der Waals surface area contributed by atoms with E-state index in [4.69, 9.17) is 4.74 Å². The zero-order chi connectivity index (χ0) is 15.1. The monoisotopic (exact) mass is 294 g/mol. The van der Waals surface area contributed by atoms with Gasteiger partial charge in [-0.2, -0.15) is 9.36 Å². The second kappa shape index (κ2) is 4.96. The number of nitrogens with zero attached hydrogens (tertiary/aromatic N) is 4. The van der Waals surface area contributed by atoms with Gasteiger partial charge < -0.3 is 9.84 Å². The highest BCUT2D eigenvalue weighted by molar-refractivity contribution is 5.48. The fourth-order valence-electron chi connectivity index (χ4n) is 2.19. The maximum atomic E-state index is 13.8. The average molecular weight is 294 g/mol. The number of aliphatic hydroxyl groups excluding tert-OH is 1. The van der Waals surface area contributed by atoms with Crippen molar-refractivity contribution in [3.05, 3.63) is 34.0 Å². The van der Waals surface area contributed by atoms with E-state index in [0.717, 1.165) is 9.36 Å². The molecule has 0 saturated heterocycles. The number of aromatic nitrogens is 4. The number of aliphatic hydroxyl groups is 1. The minimum Gasteiger partial charge on any atom is -0.488 e. The van der Waals surface area contributed by atoms with Crippen LogP contribution < -0.4 is 10.4 Å². The quantitative estimate of drug-likeness (QED) is 0.881. The molecule has 3 rings (SSSR count). The van der Waals surface area contributed by atoms with Gasteiger partial charge in [0, 0.05) is 26.0 Å². The maximum absolute atomic E-state index is 13.8. The summed E-state index contributed by atoms with van der Waals surface area (Å²) >= 11 is 0. The fourth-order valence-corrected chi connectivity index (χ4v) is 2.19. The summed E-state index contributed by atoms with van der Waals surface area (Å²) in [5.41, 5.74) is 0.274. The van der Waals surface area contributed by atoms with E-state index in [1.54, 1.807) is 6.92 Å². The van der Waals surface area contributed by atoms with Crippen LogP contribution in [0, 0.1) is 12.7 Å². The third-order valence-corrected chi connectivity index (χ3v) is 3.55. The highest BCUT2D eigenvalue weighted by Gasteiger charge is 2.30. The topological polar surface area (TPSA) is 82.2 Å². The van der Waals surface area contributed by atoms with E-state index in [1.165, 1.54) is 19.2 Å². The van der Waals surface area contributed by atoms with Crippen molar-refractivity contribution in [2.75, 3.05) is 0 Å². The van der Waals surface area contributed by atoms with Crippen molar-refractivity contribution >= 4 is 0 Å². The molecule has 1 aliphatic carbocycles. The van der Waals surface area contributed by atoms with Crippen LogP contribution in [-0.4, -0.2) is 37.1 Å². The lowest BCUT2D eigenvalue weighted by atomic mass is 9.92. The van der Waals surface area contributed by atoms with Crippen molar-refractivity contribution in [2.45, 2.75) is 32.0 Å². The average Bonchev–Trinajstić information content (AvgIpc) is 2.72. The molecule has 0 radical (unpaired) electrons. The predicted octanol–water partition coefficient (Wildman–Crippen LogP) is 0.316. The Kier molecular flexibility index (Phi) is 3.25. The van der Waals surface area contributed by atoms with E-state index < -0.39 is 11.5 Å². The second-order valence-corrected chi connectivity index (χ2v) is 5.23. The summed E-state index contributed by atoms with van der Waals surface area (Å²) in [6, 6.07) is 2.73. The van der Waals surface area contributed by atoms with Gasteiger partial charge in [-0.25, -0.2) is 9.18 Å². The summed E-state index contributed by atoms with van der Waals surface area (Å²) in [7, 11) is 1.48. The molecule has 0 spiro atoms. The third kappa shape index (κ3) is 2.42. The zero-order valence-electron chi connectivity index (χ0n) is 11.7. The molecule has 21 heavy (non-hydrogen) atoms. The molecule has 1 saturated carbocycles. The highest BCUT2D eigenvalue weighted by atomic mass is 19.1. The maximum Gasteiger partial charge on any atom is 0.368 e. The molecular formula is C13H15FN4O3. The molecule has 1 aromatic carbocycles. The van der Waals surface area contributed by atoms with Gasteiger partial charge in [0.2, 0.25) is 0 Å². The summed E-state index contributed by atoms with van der Waals surface area (Å²) in [5, 5.41) is 16.7. The number of benzene rings is 1. The van der Waals surface area contributed by atoms with Crippen molar-refractivity contribution in [3.63, 3.8) is 0 Å². The smallest absolute Gasteiger partial charge is 0.368 e. The van der Waals surface area contributed by atoms with Crippen LogP contribution in [0.5, 0.6) is 5.75 Å². The molecule has 2 aromatic rings. The first-order chi connectivity index (χ1) is 9.95. The number of hydrogen-bond donors (Lipinski definition) is 1. The van der Waals surface area contributed by atoms with E-state index in [9.17, 15) is 14.3 Å². The van der Waals surface area contributed by atoms with Gasteiger partial charge in [0.25, 0.3) is 0 Å². The van der Waals surface area contributed by atoms with Gasteiger partial charge in [-0.15, -0.1) is 0 Å². The van der Waals surface area contributed by atoms with Gasteiger partial charge in [0.1, 0.15) is 23.4 Å². The molecule has 1 N–H and O–H groups in total. The highest BCUT2D eigenvalue weighted by Crippen LogP contribution is 2.31. The SMILES string of the molecule is Cc1cc(-n2nnn(C)c2=O)c(OC2CC(O)C2)cc1F. The Morgan fingerprint density at radius 2 is 2.10 bits per heavy atom. The Balaban J connectivity index is 2.03. The molecule has 1 aromatic heterocycles. The van der Waals surface area contributed by atoms with Crippen molar-refractivity contribution in [2.24, 2.45) is 7.05 Å². The van der Waals surface area contributed by atoms with Gasteiger partial charge in [-0.1, -0.05) is 0 Å².